The van der Waals surface area contributed by atoms with Gasteiger partial charge in [-0.25, -0.2) is 0 Å². The highest BCUT2D eigenvalue weighted by Gasteiger charge is 2.05. The van der Waals surface area contributed by atoms with Gasteiger partial charge >= 0.3 is 0 Å². The average Bonchev–Trinajstić information content (AvgIpc) is 2.83. The second-order valence-electron chi connectivity index (χ2n) is 4.53. The molecule has 2 aromatic rings. The summed E-state index contributed by atoms with van der Waals surface area (Å²) in [5.41, 5.74) is 7.30. The molecule has 0 fully saturated rings. The quantitative estimate of drug-likeness (QED) is 0.835. The SMILES string of the molecule is Cc1ccc(CNC(=O)Cc2ccc(C(N)=S)cc2)s1. The maximum Gasteiger partial charge on any atom is 0.224 e. The lowest BCUT2D eigenvalue weighted by molar-refractivity contribution is -0.120. The number of thiophene rings is 1. The van der Waals surface area contributed by atoms with E-state index in [0.717, 1.165) is 11.1 Å². The maximum absolute atomic E-state index is 11.9. The van der Waals surface area contributed by atoms with Crippen molar-refractivity contribution in [3.63, 3.8) is 0 Å². The highest BCUT2D eigenvalue weighted by molar-refractivity contribution is 7.80. The van der Waals surface area contributed by atoms with Gasteiger partial charge in [-0.15, -0.1) is 11.3 Å². The summed E-state index contributed by atoms with van der Waals surface area (Å²) in [6.07, 6.45) is 0.363. The number of nitrogens with one attached hydrogen (secondary N) is 1. The number of carbonyl (C=O) groups excluding carboxylic acids is 1. The van der Waals surface area contributed by atoms with Crippen molar-refractivity contribution in [3.8, 4) is 0 Å². The van der Waals surface area contributed by atoms with Gasteiger partial charge in [-0.3, -0.25) is 4.79 Å². The second kappa shape index (κ2) is 6.63. The molecule has 0 radical (unpaired) electrons. The lowest BCUT2D eigenvalue weighted by Crippen LogP contribution is -2.24. The number of benzene rings is 1. The number of hydrogen-bond donors (Lipinski definition) is 2. The van der Waals surface area contributed by atoms with Crippen LogP contribution in [0, 0.1) is 6.92 Å². The Morgan fingerprint density at radius 3 is 2.50 bits per heavy atom. The molecule has 0 aliphatic rings. The predicted molar refractivity (Wildman–Crippen MR) is 86.9 cm³/mol. The lowest BCUT2D eigenvalue weighted by atomic mass is 10.1. The lowest BCUT2D eigenvalue weighted by Gasteiger charge is -2.05. The molecular weight excluding hydrogens is 288 g/mol. The molecule has 3 nitrogen and oxygen atoms in total. The summed E-state index contributed by atoms with van der Waals surface area (Å²) in [4.78, 5) is 14.6. The van der Waals surface area contributed by atoms with Crippen LogP contribution in [0.2, 0.25) is 0 Å². The number of hydrogen-bond acceptors (Lipinski definition) is 3. The second-order valence-corrected chi connectivity index (χ2v) is 6.34. The van der Waals surface area contributed by atoms with Crippen molar-refractivity contribution in [2.75, 3.05) is 0 Å². The molecule has 3 N–H and O–H groups in total. The topological polar surface area (TPSA) is 55.1 Å². The Bertz CT molecular complexity index is 617. The average molecular weight is 304 g/mol. The number of aryl methyl sites for hydroxylation is 1. The Kier molecular flexibility index (Phi) is 4.87. The molecule has 0 aliphatic carbocycles. The van der Waals surface area contributed by atoms with E-state index in [4.69, 9.17) is 18.0 Å². The molecular formula is C15H16N2OS2. The van der Waals surface area contributed by atoms with Gasteiger partial charge in [0.2, 0.25) is 5.91 Å². The van der Waals surface area contributed by atoms with Crippen LogP contribution >= 0.6 is 23.6 Å². The van der Waals surface area contributed by atoms with Crippen molar-refractivity contribution < 1.29 is 4.79 Å². The molecule has 0 bridgehead atoms. The fraction of sp³-hybridized carbons (Fsp3) is 0.200. The standard InChI is InChI=1S/C15H16N2OS2/c1-10-2-7-13(20-10)9-17-14(18)8-11-3-5-12(6-4-11)15(16)19/h2-7H,8-9H2,1H3,(H2,16,19)(H,17,18). The largest absolute Gasteiger partial charge is 0.389 e. The molecule has 2 rings (SSSR count). The van der Waals surface area contributed by atoms with Crippen LogP contribution in [0.4, 0.5) is 0 Å². The summed E-state index contributed by atoms with van der Waals surface area (Å²) >= 11 is 6.59. The summed E-state index contributed by atoms with van der Waals surface area (Å²) < 4.78 is 0. The fourth-order valence-corrected chi connectivity index (χ4v) is 2.77. The van der Waals surface area contributed by atoms with Crippen molar-refractivity contribution >= 4 is 34.5 Å². The first kappa shape index (κ1) is 14.7. The zero-order valence-electron chi connectivity index (χ0n) is 11.2. The van der Waals surface area contributed by atoms with E-state index >= 15 is 0 Å². The van der Waals surface area contributed by atoms with E-state index < -0.39 is 0 Å². The van der Waals surface area contributed by atoms with Gasteiger partial charge in [-0.2, -0.15) is 0 Å². The van der Waals surface area contributed by atoms with E-state index in [0.29, 0.717) is 18.0 Å². The number of amides is 1. The van der Waals surface area contributed by atoms with Gasteiger partial charge in [0.15, 0.2) is 0 Å². The molecule has 0 aliphatic heterocycles. The van der Waals surface area contributed by atoms with E-state index in [9.17, 15) is 4.79 Å². The third kappa shape index (κ3) is 4.15. The van der Waals surface area contributed by atoms with Crippen molar-refractivity contribution in [2.45, 2.75) is 19.9 Å². The Morgan fingerprint density at radius 1 is 1.25 bits per heavy atom. The molecule has 0 unspecified atom stereocenters. The first-order valence-electron chi connectivity index (χ1n) is 6.25. The van der Waals surface area contributed by atoms with Crippen molar-refractivity contribution in [1.29, 1.82) is 0 Å². The summed E-state index contributed by atoms with van der Waals surface area (Å²) in [6, 6.07) is 11.5. The minimum Gasteiger partial charge on any atom is -0.389 e. The molecule has 1 heterocycles. The van der Waals surface area contributed by atoms with Crippen LogP contribution in [0.25, 0.3) is 0 Å². The van der Waals surface area contributed by atoms with E-state index in [-0.39, 0.29) is 5.91 Å². The van der Waals surface area contributed by atoms with E-state index in [1.165, 1.54) is 9.75 Å². The predicted octanol–water partition coefficient (Wildman–Crippen LogP) is 2.55. The van der Waals surface area contributed by atoms with Crippen molar-refractivity contribution in [2.24, 2.45) is 5.73 Å². The normalized spacial score (nSPS) is 10.2. The highest BCUT2D eigenvalue weighted by atomic mass is 32.1. The number of nitrogens with two attached hydrogens (primary N) is 1. The monoisotopic (exact) mass is 304 g/mol. The third-order valence-electron chi connectivity index (χ3n) is 2.86. The Labute approximate surface area is 127 Å². The van der Waals surface area contributed by atoms with Crippen LogP contribution in [0.15, 0.2) is 36.4 Å². The number of thiocarbonyl (C=S) groups is 1. The molecule has 0 spiro atoms. The first-order valence-corrected chi connectivity index (χ1v) is 7.48. The van der Waals surface area contributed by atoms with Crippen LogP contribution in [0.3, 0.4) is 0 Å². The van der Waals surface area contributed by atoms with E-state index in [2.05, 4.69) is 18.3 Å². The van der Waals surface area contributed by atoms with Crippen molar-refractivity contribution in [3.05, 3.63) is 57.3 Å². The van der Waals surface area contributed by atoms with Crippen LogP contribution < -0.4 is 11.1 Å². The zero-order chi connectivity index (χ0) is 14.5. The summed E-state index contributed by atoms with van der Waals surface area (Å²) in [6.45, 7) is 2.64. The fourth-order valence-electron chi connectivity index (χ4n) is 1.80. The van der Waals surface area contributed by atoms with Gasteiger partial charge in [-0.1, -0.05) is 36.5 Å². The van der Waals surface area contributed by atoms with Gasteiger partial charge in [0, 0.05) is 15.3 Å². The molecule has 104 valence electrons. The summed E-state index contributed by atoms with van der Waals surface area (Å²) in [5, 5.41) is 2.92. The Morgan fingerprint density at radius 2 is 1.95 bits per heavy atom. The van der Waals surface area contributed by atoms with Crippen LogP contribution in [0.5, 0.6) is 0 Å². The minimum atomic E-state index is 0.0131. The van der Waals surface area contributed by atoms with Crippen molar-refractivity contribution in [1.82, 2.24) is 5.32 Å². The van der Waals surface area contributed by atoms with Crippen LogP contribution in [-0.4, -0.2) is 10.9 Å². The van der Waals surface area contributed by atoms with Gasteiger partial charge in [0.25, 0.3) is 0 Å². The molecule has 0 atom stereocenters. The smallest absolute Gasteiger partial charge is 0.224 e. The first-order chi connectivity index (χ1) is 9.54. The zero-order valence-corrected chi connectivity index (χ0v) is 12.8. The molecule has 5 heteroatoms. The third-order valence-corrected chi connectivity index (χ3v) is 4.10. The Hall–Kier alpha value is -1.72. The van der Waals surface area contributed by atoms with E-state index in [1.54, 1.807) is 11.3 Å². The number of carbonyl (C=O) groups is 1. The Balaban J connectivity index is 1.86. The molecule has 1 amide bonds. The molecule has 0 saturated heterocycles. The molecule has 20 heavy (non-hydrogen) atoms. The molecule has 1 aromatic carbocycles. The maximum atomic E-state index is 11.9. The van der Waals surface area contributed by atoms with Crippen LogP contribution in [-0.2, 0) is 17.8 Å². The highest BCUT2D eigenvalue weighted by Crippen LogP contribution is 2.14. The number of rotatable bonds is 5. The molecule has 0 saturated carbocycles. The molecule has 1 aromatic heterocycles. The van der Waals surface area contributed by atoms with E-state index in [1.807, 2.05) is 30.3 Å². The minimum absolute atomic E-state index is 0.0131. The summed E-state index contributed by atoms with van der Waals surface area (Å²) in [7, 11) is 0. The van der Waals surface area contributed by atoms with Crippen LogP contribution in [0.1, 0.15) is 20.9 Å². The van der Waals surface area contributed by atoms with Gasteiger partial charge in [0.05, 0.1) is 13.0 Å². The van der Waals surface area contributed by atoms with Gasteiger partial charge in [0.1, 0.15) is 4.99 Å². The van der Waals surface area contributed by atoms with Gasteiger partial charge < -0.3 is 11.1 Å². The van der Waals surface area contributed by atoms with Gasteiger partial charge in [-0.05, 0) is 24.6 Å². The summed E-state index contributed by atoms with van der Waals surface area (Å²) in [5.74, 6) is 0.0131.